The average Bonchev–Trinajstić information content (AvgIpc) is 2.63. The summed E-state index contributed by atoms with van der Waals surface area (Å²) in [5.41, 5.74) is 1.38. The first-order valence-corrected chi connectivity index (χ1v) is 11.8. The van der Waals surface area contributed by atoms with Gasteiger partial charge in [-0.2, -0.15) is 5.49 Å². The molecule has 0 unspecified atom stereocenters. The third-order valence-corrected chi connectivity index (χ3v) is 11.0. The molecule has 0 aliphatic carbocycles. The molecule has 0 N–H and O–H groups in total. The molecule has 3 aromatic rings. The van der Waals surface area contributed by atoms with Crippen LogP contribution in [-0.2, 0) is 21.6 Å². The fourth-order valence-electron chi connectivity index (χ4n) is 2.44. The minimum Gasteiger partial charge on any atom is -0.257 e. The second-order valence-corrected chi connectivity index (χ2v) is 11.8. The molecule has 7 heteroatoms. The summed E-state index contributed by atoms with van der Waals surface area (Å²) in [5.74, 6) is 0. The van der Waals surface area contributed by atoms with Crippen molar-refractivity contribution >= 4 is 38.3 Å². The first kappa shape index (κ1) is 23.5. The summed E-state index contributed by atoms with van der Waals surface area (Å²) in [7, 11) is -3.59. The molecule has 3 rings (SSSR count). The fourth-order valence-corrected chi connectivity index (χ4v) is 9.27. The Balaban J connectivity index is 0.00000169. The fraction of sp³-hybridized carbons (Fsp3) is 0. The van der Waals surface area contributed by atoms with E-state index in [0.29, 0.717) is 0 Å². The number of hydrogen-bond donors (Lipinski definition) is 0. The number of rotatable bonds is 5. The van der Waals surface area contributed by atoms with Gasteiger partial charge in [0.05, 0.1) is 9.84 Å². The van der Waals surface area contributed by atoms with Gasteiger partial charge in [0, 0.05) is 4.90 Å². The van der Waals surface area contributed by atoms with Crippen LogP contribution in [0.4, 0.5) is 0 Å². The van der Waals surface area contributed by atoms with Crippen molar-refractivity contribution in [2.24, 2.45) is 0 Å². The second-order valence-electron chi connectivity index (χ2n) is 5.29. The summed E-state index contributed by atoms with van der Waals surface area (Å²) in [6.07, 6.45) is 0. The van der Waals surface area contributed by atoms with Gasteiger partial charge >= 0.3 is 37.7 Å². The summed E-state index contributed by atoms with van der Waals surface area (Å²) in [5, 5.41) is 1.73. The maximum absolute atomic E-state index is 12.9. The third-order valence-electron chi connectivity index (χ3n) is 3.64. The van der Waals surface area contributed by atoms with Crippen molar-refractivity contribution in [3.8, 4) is 0 Å². The van der Waals surface area contributed by atoms with Gasteiger partial charge in [-0.15, -0.1) is 17.8 Å². The zero-order valence-corrected chi connectivity index (χ0v) is 17.3. The van der Waals surface area contributed by atoms with Crippen LogP contribution in [0.2, 0.25) is 0 Å². The van der Waals surface area contributed by atoms with Crippen molar-refractivity contribution in [1.82, 2.24) is 0 Å². The van der Waals surface area contributed by atoms with Crippen molar-refractivity contribution in [3.05, 3.63) is 96.5 Å². The molecule has 0 amide bonds. The molecule has 0 aliphatic heterocycles. The van der Waals surface area contributed by atoms with Gasteiger partial charge in [-0.05, 0) is 22.7 Å². The molecule has 0 fully saturated rings. The minimum absolute atomic E-state index is 0. The quantitative estimate of drug-likeness (QED) is 0.282. The molecular formula is C19H16Li2O2PS2+. The number of hydrogen-bond acceptors (Lipinski definition) is 3. The van der Waals surface area contributed by atoms with Gasteiger partial charge < -0.3 is 0 Å². The van der Waals surface area contributed by atoms with E-state index in [1.165, 1.54) is 5.49 Å². The van der Waals surface area contributed by atoms with Crippen molar-refractivity contribution in [1.29, 1.82) is 0 Å². The van der Waals surface area contributed by atoms with Crippen molar-refractivity contribution in [2.75, 3.05) is 0 Å². The van der Waals surface area contributed by atoms with Gasteiger partial charge in [0.25, 0.3) is 0 Å². The van der Waals surface area contributed by atoms with Crippen LogP contribution in [0.5, 0.6) is 0 Å². The Bertz CT molecular complexity index is 921. The molecule has 0 aliphatic rings. The molecule has 122 valence electrons. The zero-order chi connectivity index (χ0) is 17.0. The maximum atomic E-state index is 12.9. The molecule has 0 atom stereocenters. The summed E-state index contributed by atoms with van der Waals surface area (Å²) in [6.45, 7) is 0. The molecule has 0 heterocycles. The Kier molecular flexibility index (Phi) is 9.15. The van der Waals surface area contributed by atoms with E-state index < -0.39 is 15.9 Å². The summed E-state index contributed by atoms with van der Waals surface area (Å²) in [4.78, 5) is 0.270. The van der Waals surface area contributed by atoms with Crippen molar-refractivity contribution in [3.63, 3.8) is 0 Å². The van der Waals surface area contributed by atoms with Gasteiger partial charge in [0.2, 0.25) is 0 Å². The van der Waals surface area contributed by atoms with E-state index >= 15 is 0 Å². The Hall–Kier alpha value is -0.545. The van der Waals surface area contributed by atoms with E-state index in [4.69, 9.17) is 11.8 Å². The van der Waals surface area contributed by atoms with Gasteiger partial charge in [-0.3, -0.25) is 8.42 Å². The van der Waals surface area contributed by atoms with Crippen molar-refractivity contribution in [2.45, 2.75) is 4.90 Å². The van der Waals surface area contributed by atoms with E-state index in [1.807, 2.05) is 60.7 Å². The largest absolute Gasteiger partial charge is 1.00 e. The van der Waals surface area contributed by atoms with Crippen LogP contribution in [-0.4, -0.2) is 8.42 Å². The molecule has 0 radical (unpaired) electrons. The summed E-state index contributed by atoms with van der Waals surface area (Å²) < 4.78 is 25.8. The van der Waals surface area contributed by atoms with Gasteiger partial charge in [-0.1, -0.05) is 78.9 Å². The molecule has 0 saturated carbocycles. The van der Waals surface area contributed by atoms with Crippen LogP contribution in [0, 0.1) is 5.49 Å². The van der Waals surface area contributed by atoms with Crippen LogP contribution < -0.4 is 48.3 Å². The predicted molar refractivity (Wildman–Crippen MR) is 104 cm³/mol. The smallest absolute Gasteiger partial charge is 0.257 e. The van der Waals surface area contributed by atoms with Crippen LogP contribution in [0.3, 0.4) is 0 Å². The molecule has 26 heavy (non-hydrogen) atoms. The average molecular weight is 385 g/mol. The topological polar surface area (TPSA) is 34.1 Å². The number of benzene rings is 3. The van der Waals surface area contributed by atoms with Crippen molar-refractivity contribution < 1.29 is 46.1 Å². The monoisotopic (exact) mass is 385 g/mol. The summed E-state index contributed by atoms with van der Waals surface area (Å²) >= 11 is 5.96. The predicted octanol–water partition coefficient (Wildman–Crippen LogP) is -2.28. The molecular weight excluding hydrogens is 369 g/mol. The minimum atomic E-state index is -3.59. The Morgan fingerprint density at radius 3 is 1.38 bits per heavy atom. The Morgan fingerprint density at radius 2 is 1.00 bits per heavy atom. The van der Waals surface area contributed by atoms with Gasteiger partial charge in [0.1, 0.15) is 0 Å². The van der Waals surface area contributed by atoms with E-state index in [9.17, 15) is 8.42 Å². The zero-order valence-electron chi connectivity index (χ0n) is 14.8. The van der Waals surface area contributed by atoms with E-state index in [0.717, 1.165) is 10.6 Å². The molecule has 3 aromatic carbocycles. The van der Waals surface area contributed by atoms with Crippen LogP contribution in [0.25, 0.3) is 0 Å². The van der Waals surface area contributed by atoms with Gasteiger partial charge in [-0.25, -0.2) is 0 Å². The Labute approximate surface area is 184 Å². The molecule has 0 spiro atoms. The normalized spacial score (nSPS) is 11.1. The second kappa shape index (κ2) is 10.1. The Morgan fingerprint density at radius 1 is 0.654 bits per heavy atom. The maximum Gasteiger partial charge on any atom is 1.00 e. The third kappa shape index (κ3) is 5.25. The van der Waals surface area contributed by atoms with Crippen LogP contribution in [0.1, 0.15) is 0 Å². The standard InChI is InChI=1S/C19H16O2PS2.2Li/c20-24(21,19-14-8-3-9-15-19)16-22(23,17-10-4-1-5-11-17)18-12-6-2-7-13-18;;/h1-16H;;/q-1;2*+1. The van der Waals surface area contributed by atoms with E-state index in [2.05, 4.69) is 0 Å². The molecule has 2 nitrogen and oxygen atoms in total. The van der Waals surface area contributed by atoms with Gasteiger partial charge in [0.15, 0.2) is 0 Å². The molecule has 0 saturated heterocycles. The molecule has 0 aromatic heterocycles. The SMILES string of the molecule is O=S(=O)([CH-]P(=S)(c1ccccc1)c1ccccc1)c1ccccc1.[Li+].[Li+]. The van der Waals surface area contributed by atoms with Crippen LogP contribution in [0.15, 0.2) is 95.9 Å². The first-order chi connectivity index (χ1) is 11.5. The summed E-state index contributed by atoms with van der Waals surface area (Å²) in [6, 6.07) is 24.8. The van der Waals surface area contributed by atoms with E-state index in [1.54, 1.807) is 30.3 Å². The molecule has 0 bridgehead atoms. The van der Waals surface area contributed by atoms with E-state index in [-0.39, 0.29) is 42.6 Å². The number of sulfone groups is 1. The first-order valence-electron chi connectivity index (χ1n) is 7.39. The van der Waals surface area contributed by atoms with Crippen LogP contribution >= 0.6 is 6.04 Å².